The van der Waals surface area contributed by atoms with Crippen molar-refractivity contribution >= 4 is 17.7 Å². The highest BCUT2D eigenvalue weighted by molar-refractivity contribution is 5.97. The number of rotatable bonds is 9. The van der Waals surface area contributed by atoms with Gasteiger partial charge in [0.05, 0.1) is 27.9 Å². The molecule has 3 amide bonds. The Morgan fingerprint density at radius 3 is 2.11 bits per heavy atom. The van der Waals surface area contributed by atoms with Crippen LogP contribution in [0.5, 0.6) is 17.2 Å². The van der Waals surface area contributed by atoms with E-state index >= 15 is 0 Å². The molecule has 9 heteroatoms. The molecule has 9 nitrogen and oxygen atoms in total. The number of hydrogen-bond acceptors (Lipinski definition) is 6. The fraction of sp³-hybridized carbons (Fsp3) is 0.526. The van der Waals surface area contributed by atoms with Crippen LogP contribution < -0.4 is 24.8 Å². The first kappa shape index (κ1) is 21.3. The van der Waals surface area contributed by atoms with Crippen molar-refractivity contribution in [1.82, 2.24) is 15.5 Å². The molecule has 1 aromatic rings. The molecule has 1 aliphatic rings. The Hall–Kier alpha value is -2.97. The molecule has 1 aliphatic heterocycles. The van der Waals surface area contributed by atoms with Crippen molar-refractivity contribution in [2.45, 2.75) is 19.3 Å². The van der Waals surface area contributed by atoms with Crippen LogP contribution in [0.25, 0.3) is 0 Å². The van der Waals surface area contributed by atoms with Crippen molar-refractivity contribution in [1.29, 1.82) is 0 Å². The van der Waals surface area contributed by atoms with Crippen LogP contribution in [0.15, 0.2) is 12.1 Å². The second-order valence-corrected chi connectivity index (χ2v) is 6.28. The molecule has 0 aliphatic carbocycles. The SMILES string of the molecule is COc1cc(C(=O)NCC(=O)NCCC(=O)N2CCCC2)cc(OC)c1OC. The number of nitrogens with one attached hydrogen (secondary N) is 2. The standard InChI is InChI=1S/C19H27N3O6/c1-26-14-10-13(11-15(27-2)18(14)28-3)19(25)21-12-16(23)20-7-6-17(24)22-8-4-5-9-22/h10-11H,4-9,12H2,1-3H3,(H,20,23)(H,21,25). The number of nitrogens with zero attached hydrogens (tertiary/aromatic N) is 1. The van der Waals surface area contributed by atoms with Crippen molar-refractivity contribution in [3.8, 4) is 17.2 Å². The molecule has 28 heavy (non-hydrogen) atoms. The Morgan fingerprint density at radius 2 is 1.57 bits per heavy atom. The number of hydrogen-bond donors (Lipinski definition) is 2. The molecule has 1 heterocycles. The van der Waals surface area contributed by atoms with E-state index in [1.807, 2.05) is 0 Å². The molecule has 0 aromatic heterocycles. The summed E-state index contributed by atoms with van der Waals surface area (Å²) in [5, 5.41) is 5.17. The number of likely N-dealkylation sites (tertiary alicyclic amines) is 1. The zero-order valence-corrected chi connectivity index (χ0v) is 16.5. The average molecular weight is 393 g/mol. The molecule has 2 rings (SSSR count). The topological polar surface area (TPSA) is 106 Å². The molecule has 154 valence electrons. The summed E-state index contributed by atoms with van der Waals surface area (Å²) >= 11 is 0. The molecule has 1 fully saturated rings. The van der Waals surface area contributed by atoms with Crippen molar-refractivity contribution in [3.05, 3.63) is 17.7 Å². The van der Waals surface area contributed by atoms with Crippen LogP contribution in [-0.4, -0.2) is 70.1 Å². The molecule has 0 bridgehead atoms. The zero-order valence-electron chi connectivity index (χ0n) is 16.5. The fourth-order valence-electron chi connectivity index (χ4n) is 2.97. The normalized spacial score (nSPS) is 13.0. The summed E-state index contributed by atoms with van der Waals surface area (Å²) in [6.45, 7) is 1.62. The Bertz CT molecular complexity index is 691. The van der Waals surface area contributed by atoms with Crippen LogP contribution in [0.1, 0.15) is 29.6 Å². The van der Waals surface area contributed by atoms with Crippen molar-refractivity contribution in [3.63, 3.8) is 0 Å². The van der Waals surface area contributed by atoms with Crippen LogP contribution in [0.3, 0.4) is 0 Å². The summed E-state index contributed by atoms with van der Waals surface area (Å²) in [7, 11) is 4.38. The van der Waals surface area contributed by atoms with Gasteiger partial charge in [0.1, 0.15) is 0 Å². The number of amides is 3. The second-order valence-electron chi connectivity index (χ2n) is 6.28. The molecule has 0 saturated carbocycles. The van der Waals surface area contributed by atoms with E-state index < -0.39 is 5.91 Å². The molecule has 2 N–H and O–H groups in total. The van der Waals surface area contributed by atoms with Gasteiger partial charge in [-0.3, -0.25) is 14.4 Å². The predicted molar refractivity (Wildman–Crippen MR) is 102 cm³/mol. The first-order chi connectivity index (χ1) is 13.5. The number of ether oxygens (including phenoxy) is 3. The lowest BCUT2D eigenvalue weighted by Crippen LogP contribution is -2.38. The summed E-state index contributed by atoms with van der Waals surface area (Å²) in [4.78, 5) is 38.0. The molecule has 0 radical (unpaired) electrons. The third-order valence-corrected chi connectivity index (χ3v) is 4.46. The van der Waals surface area contributed by atoms with Gasteiger partial charge in [-0.25, -0.2) is 0 Å². The lowest BCUT2D eigenvalue weighted by molar-refractivity contribution is -0.130. The summed E-state index contributed by atoms with van der Waals surface area (Å²) < 4.78 is 15.6. The second kappa shape index (κ2) is 10.4. The Labute approximate surface area is 164 Å². The highest BCUT2D eigenvalue weighted by atomic mass is 16.5. The highest BCUT2D eigenvalue weighted by Gasteiger charge is 2.19. The first-order valence-electron chi connectivity index (χ1n) is 9.12. The molecule has 1 aromatic carbocycles. The highest BCUT2D eigenvalue weighted by Crippen LogP contribution is 2.38. The van der Waals surface area contributed by atoms with Gasteiger partial charge in [0.15, 0.2) is 11.5 Å². The zero-order chi connectivity index (χ0) is 20.5. The maximum atomic E-state index is 12.3. The monoisotopic (exact) mass is 393 g/mol. The molecular weight excluding hydrogens is 366 g/mol. The van der Waals surface area contributed by atoms with Gasteiger partial charge in [-0.05, 0) is 25.0 Å². The van der Waals surface area contributed by atoms with Gasteiger partial charge in [-0.2, -0.15) is 0 Å². The minimum absolute atomic E-state index is 0.0410. The Kier molecular flexibility index (Phi) is 7.91. The summed E-state index contributed by atoms with van der Waals surface area (Å²) in [6.07, 6.45) is 2.32. The first-order valence-corrected chi connectivity index (χ1v) is 9.12. The summed E-state index contributed by atoms with van der Waals surface area (Å²) in [5.41, 5.74) is 0.270. The van der Waals surface area contributed by atoms with Gasteiger partial charge in [0.2, 0.25) is 17.6 Å². The van der Waals surface area contributed by atoms with Gasteiger partial charge < -0.3 is 29.7 Å². The largest absolute Gasteiger partial charge is 0.493 e. The molecule has 0 unspecified atom stereocenters. The van der Waals surface area contributed by atoms with Crippen LogP contribution >= 0.6 is 0 Å². The van der Waals surface area contributed by atoms with Gasteiger partial charge in [-0.15, -0.1) is 0 Å². The van der Waals surface area contributed by atoms with Crippen molar-refractivity contribution in [2.75, 3.05) is 47.5 Å². The van der Waals surface area contributed by atoms with E-state index in [-0.39, 0.29) is 36.9 Å². The molecule has 0 atom stereocenters. The average Bonchev–Trinajstić information content (AvgIpc) is 3.25. The van der Waals surface area contributed by atoms with E-state index in [4.69, 9.17) is 14.2 Å². The van der Waals surface area contributed by atoms with Gasteiger partial charge >= 0.3 is 0 Å². The lowest BCUT2D eigenvalue weighted by Gasteiger charge is -2.15. The van der Waals surface area contributed by atoms with Gasteiger partial charge in [-0.1, -0.05) is 0 Å². The minimum atomic E-state index is -0.456. The van der Waals surface area contributed by atoms with Crippen LogP contribution in [0.2, 0.25) is 0 Å². The number of benzene rings is 1. The van der Waals surface area contributed by atoms with E-state index in [9.17, 15) is 14.4 Å². The minimum Gasteiger partial charge on any atom is -0.493 e. The van der Waals surface area contributed by atoms with Crippen molar-refractivity contribution < 1.29 is 28.6 Å². The number of methoxy groups -OCH3 is 3. The van der Waals surface area contributed by atoms with E-state index in [2.05, 4.69) is 10.6 Å². The van der Waals surface area contributed by atoms with Crippen LogP contribution in [0, 0.1) is 0 Å². The summed E-state index contributed by atoms with van der Waals surface area (Å²) in [5.74, 6) is 0.285. The van der Waals surface area contributed by atoms with E-state index in [1.165, 1.54) is 33.5 Å². The maximum absolute atomic E-state index is 12.3. The Balaban J connectivity index is 1.82. The van der Waals surface area contributed by atoms with Crippen LogP contribution in [-0.2, 0) is 9.59 Å². The van der Waals surface area contributed by atoms with Crippen LogP contribution in [0.4, 0.5) is 0 Å². The number of carbonyl (C=O) groups is 3. The van der Waals surface area contributed by atoms with E-state index in [1.54, 1.807) is 4.90 Å². The van der Waals surface area contributed by atoms with E-state index in [0.29, 0.717) is 17.2 Å². The third-order valence-electron chi connectivity index (χ3n) is 4.46. The van der Waals surface area contributed by atoms with Gasteiger partial charge in [0.25, 0.3) is 5.91 Å². The Morgan fingerprint density at radius 1 is 0.964 bits per heavy atom. The van der Waals surface area contributed by atoms with Crippen molar-refractivity contribution in [2.24, 2.45) is 0 Å². The predicted octanol–water partition coefficient (Wildman–Crippen LogP) is 0.571. The third kappa shape index (κ3) is 5.51. The lowest BCUT2D eigenvalue weighted by atomic mass is 10.1. The van der Waals surface area contributed by atoms with Gasteiger partial charge in [0, 0.05) is 31.6 Å². The summed E-state index contributed by atoms with van der Waals surface area (Å²) in [6, 6.07) is 3.01. The van der Waals surface area contributed by atoms with E-state index in [0.717, 1.165) is 25.9 Å². The molecule has 0 spiro atoms. The maximum Gasteiger partial charge on any atom is 0.251 e. The fourth-order valence-corrected chi connectivity index (χ4v) is 2.97. The molecular formula is C19H27N3O6. The smallest absolute Gasteiger partial charge is 0.251 e. The number of carbonyl (C=O) groups excluding carboxylic acids is 3. The quantitative estimate of drug-likeness (QED) is 0.635. The molecule has 1 saturated heterocycles.